The second kappa shape index (κ2) is 5.85. The van der Waals surface area contributed by atoms with Gasteiger partial charge >= 0.3 is 0 Å². The summed E-state index contributed by atoms with van der Waals surface area (Å²) >= 11 is 9.53. The van der Waals surface area contributed by atoms with Crippen LogP contribution in [0.2, 0.25) is 5.02 Å². The third-order valence-corrected chi connectivity index (χ3v) is 4.21. The molecule has 0 amide bonds. The lowest BCUT2D eigenvalue weighted by molar-refractivity contribution is 0.294. The summed E-state index contributed by atoms with van der Waals surface area (Å²) in [6.07, 6.45) is 0. The zero-order valence-corrected chi connectivity index (χ0v) is 13.4. The van der Waals surface area contributed by atoms with Gasteiger partial charge in [0.2, 0.25) is 0 Å². The Morgan fingerprint density at radius 3 is 2.75 bits per heavy atom. The molecule has 0 unspecified atom stereocenters. The Balaban J connectivity index is 2.15. The Morgan fingerprint density at radius 2 is 2.25 bits per heavy atom. The normalized spacial score (nSPS) is 10.6. The monoisotopic (exact) mass is 356 g/mol. The number of nitrogens with zero attached hydrogens (tertiary/aromatic N) is 2. The van der Waals surface area contributed by atoms with Crippen LogP contribution in [0.5, 0.6) is 5.75 Å². The molecule has 7 heteroatoms. The van der Waals surface area contributed by atoms with Crippen molar-refractivity contribution in [3.8, 4) is 5.75 Å². The summed E-state index contributed by atoms with van der Waals surface area (Å²) < 4.78 is 8.40. The fourth-order valence-electron chi connectivity index (χ4n) is 1.79. The predicted octanol–water partition coefficient (Wildman–Crippen LogP) is 3.01. The van der Waals surface area contributed by atoms with E-state index < -0.39 is 0 Å². The predicted molar refractivity (Wildman–Crippen MR) is 82.4 cm³/mol. The first kappa shape index (κ1) is 14.9. The molecule has 0 bridgehead atoms. The van der Waals surface area contributed by atoms with Crippen LogP contribution in [-0.4, -0.2) is 15.6 Å². The number of ether oxygens (including phenoxy) is 1. The van der Waals surface area contributed by atoms with E-state index in [0.29, 0.717) is 22.9 Å². The third kappa shape index (κ3) is 2.96. The van der Waals surface area contributed by atoms with Crippen LogP contribution < -0.4 is 10.5 Å². The number of hydrogen-bond acceptors (Lipinski definition) is 3. The molecule has 0 saturated heterocycles. The number of aryl methyl sites for hydroxylation is 2. The fourth-order valence-corrected chi connectivity index (χ4v) is 2.52. The van der Waals surface area contributed by atoms with E-state index in [1.54, 1.807) is 22.9 Å². The zero-order valence-electron chi connectivity index (χ0n) is 11.1. The minimum absolute atomic E-state index is 0.0634. The van der Waals surface area contributed by atoms with Gasteiger partial charge in [-0.25, -0.2) is 0 Å². The van der Waals surface area contributed by atoms with E-state index in [0.717, 1.165) is 15.9 Å². The Morgan fingerprint density at radius 1 is 1.55 bits per heavy atom. The molecular weight excluding hydrogens is 344 g/mol. The van der Waals surface area contributed by atoms with E-state index in [1.807, 2.05) is 14.0 Å². The number of aromatic nitrogens is 2. The molecule has 3 N–H and O–H groups in total. The van der Waals surface area contributed by atoms with Crippen LogP contribution in [0.25, 0.3) is 0 Å². The Kier molecular flexibility index (Phi) is 4.35. The van der Waals surface area contributed by atoms with Crippen molar-refractivity contribution in [3.63, 3.8) is 0 Å². The van der Waals surface area contributed by atoms with Crippen molar-refractivity contribution in [2.75, 3.05) is 0 Å². The van der Waals surface area contributed by atoms with Crippen LogP contribution >= 0.6 is 27.5 Å². The summed E-state index contributed by atoms with van der Waals surface area (Å²) in [6.45, 7) is 2.29. The van der Waals surface area contributed by atoms with Crippen molar-refractivity contribution in [3.05, 3.63) is 44.6 Å². The first-order valence-electron chi connectivity index (χ1n) is 5.85. The van der Waals surface area contributed by atoms with Crippen LogP contribution in [0.4, 0.5) is 0 Å². The van der Waals surface area contributed by atoms with E-state index >= 15 is 0 Å². The van der Waals surface area contributed by atoms with Gasteiger partial charge in [-0.15, -0.1) is 0 Å². The number of halogens is 2. The highest BCUT2D eigenvalue weighted by atomic mass is 79.9. The lowest BCUT2D eigenvalue weighted by atomic mass is 10.2. The lowest BCUT2D eigenvalue weighted by Gasteiger charge is -2.09. The molecule has 0 aliphatic heterocycles. The SMILES string of the molecule is Cc1nn(C)c(COc2ccc(C(=N)N)c(Cl)c2)c1Br. The first-order chi connectivity index (χ1) is 9.40. The topological polar surface area (TPSA) is 76.9 Å². The summed E-state index contributed by atoms with van der Waals surface area (Å²) in [4.78, 5) is 0. The molecule has 1 heterocycles. The molecule has 20 heavy (non-hydrogen) atoms. The summed E-state index contributed by atoms with van der Waals surface area (Å²) in [7, 11) is 1.86. The first-order valence-corrected chi connectivity index (χ1v) is 7.02. The average molecular weight is 358 g/mol. The van der Waals surface area contributed by atoms with Crippen LogP contribution in [0.3, 0.4) is 0 Å². The van der Waals surface area contributed by atoms with Gasteiger partial charge in [-0.2, -0.15) is 5.10 Å². The van der Waals surface area contributed by atoms with Crippen LogP contribution in [0, 0.1) is 12.3 Å². The Labute approximate surface area is 130 Å². The second-order valence-electron chi connectivity index (χ2n) is 4.31. The summed E-state index contributed by atoms with van der Waals surface area (Å²) in [5.74, 6) is 0.553. The third-order valence-electron chi connectivity index (χ3n) is 2.87. The molecule has 0 fully saturated rings. The molecule has 0 aliphatic carbocycles. The highest BCUT2D eigenvalue weighted by Gasteiger charge is 2.12. The lowest BCUT2D eigenvalue weighted by Crippen LogP contribution is -2.11. The zero-order chi connectivity index (χ0) is 14.9. The Hall–Kier alpha value is -1.53. The standard InChI is InChI=1S/C13H14BrClN4O/c1-7-12(14)11(19(2)18-7)6-20-8-3-4-9(13(16)17)10(15)5-8/h3-5H,6H2,1-2H3,(H3,16,17). The van der Waals surface area contributed by atoms with Gasteiger partial charge in [0.05, 0.1) is 20.9 Å². The van der Waals surface area contributed by atoms with Crippen LogP contribution in [0.1, 0.15) is 17.0 Å². The molecule has 0 radical (unpaired) electrons. The van der Waals surface area contributed by atoms with Crippen molar-refractivity contribution in [1.82, 2.24) is 9.78 Å². The smallest absolute Gasteiger partial charge is 0.131 e. The molecule has 1 aromatic heterocycles. The molecule has 0 spiro atoms. The number of nitrogens with one attached hydrogen (secondary N) is 1. The summed E-state index contributed by atoms with van der Waals surface area (Å²) in [5, 5.41) is 12.1. The van der Waals surface area contributed by atoms with Gasteiger partial charge in [-0.05, 0) is 41.1 Å². The maximum absolute atomic E-state index is 7.38. The van der Waals surface area contributed by atoms with Crippen molar-refractivity contribution < 1.29 is 4.74 Å². The maximum Gasteiger partial charge on any atom is 0.131 e. The van der Waals surface area contributed by atoms with Gasteiger partial charge in [0.15, 0.2) is 0 Å². The van der Waals surface area contributed by atoms with Gasteiger partial charge in [0.1, 0.15) is 18.2 Å². The van der Waals surface area contributed by atoms with Crippen molar-refractivity contribution in [2.45, 2.75) is 13.5 Å². The van der Waals surface area contributed by atoms with Crippen LogP contribution in [-0.2, 0) is 13.7 Å². The summed E-state index contributed by atoms with van der Waals surface area (Å²) in [6, 6.07) is 5.05. The Bertz CT molecular complexity index is 669. The molecule has 0 saturated carbocycles. The number of benzene rings is 1. The molecule has 2 aromatic rings. The minimum atomic E-state index is -0.0634. The second-order valence-corrected chi connectivity index (χ2v) is 5.51. The van der Waals surface area contributed by atoms with Gasteiger partial charge in [-0.3, -0.25) is 10.1 Å². The van der Waals surface area contributed by atoms with Crippen LogP contribution in [0.15, 0.2) is 22.7 Å². The number of rotatable bonds is 4. The number of hydrogen-bond donors (Lipinski definition) is 2. The largest absolute Gasteiger partial charge is 0.487 e. The number of nitrogens with two attached hydrogens (primary N) is 1. The van der Waals surface area contributed by atoms with Gasteiger partial charge in [0.25, 0.3) is 0 Å². The number of nitrogen functional groups attached to an aromatic ring is 1. The van der Waals surface area contributed by atoms with Gasteiger partial charge in [0, 0.05) is 12.6 Å². The highest BCUT2D eigenvalue weighted by molar-refractivity contribution is 9.10. The maximum atomic E-state index is 7.38. The molecule has 5 nitrogen and oxygen atoms in total. The van der Waals surface area contributed by atoms with E-state index in [-0.39, 0.29) is 5.84 Å². The quantitative estimate of drug-likeness (QED) is 0.652. The molecule has 2 rings (SSSR count). The highest BCUT2D eigenvalue weighted by Crippen LogP contribution is 2.25. The van der Waals surface area contributed by atoms with E-state index in [4.69, 9.17) is 27.5 Å². The van der Waals surface area contributed by atoms with E-state index in [2.05, 4.69) is 21.0 Å². The van der Waals surface area contributed by atoms with Crippen molar-refractivity contribution in [2.24, 2.45) is 12.8 Å². The molecule has 0 atom stereocenters. The fraction of sp³-hybridized carbons (Fsp3) is 0.231. The molecular formula is C13H14BrClN4O. The van der Waals surface area contributed by atoms with E-state index in [9.17, 15) is 0 Å². The molecule has 0 aliphatic rings. The minimum Gasteiger partial charge on any atom is -0.487 e. The average Bonchev–Trinajstić information content (AvgIpc) is 2.61. The van der Waals surface area contributed by atoms with E-state index in [1.165, 1.54) is 0 Å². The molecule has 1 aromatic carbocycles. The summed E-state index contributed by atoms with van der Waals surface area (Å²) in [5.41, 5.74) is 7.76. The van der Waals surface area contributed by atoms with Crippen molar-refractivity contribution >= 4 is 33.4 Å². The van der Waals surface area contributed by atoms with Gasteiger partial charge in [-0.1, -0.05) is 11.6 Å². The molecule has 106 valence electrons. The number of amidine groups is 1. The van der Waals surface area contributed by atoms with Gasteiger partial charge < -0.3 is 10.5 Å². The van der Waals surface area contributed by atoms with Crippen molar-refractivity contribution in [1.29, 1.82) is 5.41 Å².